The second-order valence-electron chi connectivity index (χ2n) is 8.74. The number of carbonyl (C=O) groups is 3. The van der Waals surface area contributed by atoms with Crippen molar-refractivity contribution >= 4 is 34.9 Å². The van der Waals surface area contributed by atoms with Crippen LogP contribution < -0.4 is 16.8 Å². The first-order valence-electron chi connectivity index (χ1n) is 11.9. The lowest BCUT2D eigenvalue weighted by Gasteiger charge is -2.33. The number of rotatable bonds is 11. The van der Waals surface area contributed by atoms with Gasteiger partial charge >= 0.3 is 0 Å². The monoisotopic (exact) mass is 480 g/mol. The number of ether oxygens (including phenoxy) is 1. The average Bonchev–Trinajstić information content (AvgIpc) is 3.45. The van der Waals surface area contributed by atoms with E-state index in [4.69, 9.17) is 16.2 Å². The number of nitrogen functional groups attached to an aromatic ring is 1. The van der Waals surface area contributed by atoms with Gasteiger partial charge in [0.2, 0.25) is 5.91 Å². The molecule has 0 radical (unpaired) electrons. The molecule has 0 spiro atoms. The van der Waals surface area contributed by atoms with Crippen molar-refractivity contribution in [1.82, 2.24) is 19.5 Å². The fourth-order valence-electron chi connectivity index (χ4n) is 4.52. The number of hydrogen-bond acceptors (Lipinski definition) is 8. The lowest BCUT2D eigenvalue weighted by Crippen LogP contribution is -2.52. The van der Waals surface area contributed by atoms with Crippen LogP contribution in [0.5, 0.6) is 0 Å². The maximum Gasteiger partial charge on any atom is 0.270 e. The highest BCUT2D eigenvalue weighted by molar-refractivity contribution is 7.09. The molecule has 33 heavy (non-hydrogen) atoms. The van der Waals surface area contributed by atoms with Gasteiger partial charge in [0.15, 0.2) is 5.69 Å². The highest BCUT2D eigenvalue weighted by atomic mass is 32.1. The standard InChI is InChI=1S/C22H36N6O4S/c1-2-6-16(21(30)25-15-7-3-4-8-15)28(10-5-9-27-11-13-32-14-12-27)22(31)19-17(23)18(20(24)29)26-33-19/h15-16H,2-14,23H2,1H3,(H2,24,29)(H,25,30)/t16-/m1/s1. The Morgan fingerprint density at radius 1 is 1.27 bits per heavy atom. The predicted molar refractivity (Wildman–Crippen MR) is 127 cm³/mol. The van der Waals surface area contributed by atoms with Gasteiger partial charge in [-0.05, 0) is 37.2 Å². The predicted octanol–water partition coefficient (Wildman–Crippen LogP) is 1.22. The van der Waals surface area contributed by atoms with E-state index in [1.165, 1.54) is 0 Å². The number of hydrogen-bond donors (Lipinski definition) is 3. The summed E-state index contributed by atoms with van der Waals surface area (Å²) in [5.74, 6) is -1.27. The summed E-state index contributed by atoms with van der Waals surface area (Å²) in [5.41, 5.74) is 11.3. The van der Waals surface area contributed by atoms with E-state index >= 15 is 0 Å². The number of nitrogens with two attached hydrogens (primary N) is 2. The summed E-state index contributed by atoms with van der Waals surface area (Å²) in [4.78, 5) is 42.5. The zero-order valence-electron chi connectivity index (χ0n) is 19.4. The SMILES string of the molecule is CCC[C@H](C(=O)NC1CCCC1)N(CCCN1CCOCC1)C(=O)c1snc(C(N)=O)c1N. The maximum absolute atomic E-state index is 13.6. The number of anilines is 1. The second-order valence-corrected chi connectivity index (χ2v) is 9.51. The van der Waals surface area contributed by atoms with E-state index < -0.39 is 11.9 Å². The molecule has 10 nitrogen and oxygen atoms in total. The average molecular weight is 481 g/mol. The molecule has 1 aliphatic carbocycles. The fraction of sp³-hybridized carbons (Fsp3) is 0.727. The summed E-state index contributed by atoms with van der Waals surface area (Å²) >= 11 is 0.857. The van der Waals surface area contributed by atoms with Gasteiger partial charge in [0.1, 0.15) is 10.9 Å². The number of primary amides is 1. The molecule has 2 heterocycles. The summed E-state index contributed by atoms with van der Waals surface area (Å²) in [6, 6.07) is -0.441. The molecule has 184 valence electrons. The molecule has 1 saturated carbocycles. The van der Waals surface area contributed by atoms with Crippen LogP contribution in [0.15, 0.2) is 0 Å². The van der Waals surface area contributed by atoms with Crippen LogP contribution >= 0.6 is 11.5 Å². The number of nitrogens with one attached hydrogen (secondary N) is 1. The Morgan fingerprint density at radius 3 is 2.58 bits per heavy atom. The van der Waals surface area contributed by atoms with E-state index in [1.54, 1.807) is 4.90 Å². The van der Waals surface area contributed by atoms with Gasteiger partial charge in [0.05, 0.1) is 18.9 Å². The maximum atomic E-state index is 13.6. The van der Waals surface area contributed by atoms with Gasteiger partial charge in [-0.15, -0.1) is 0 Å². The first-order chi connectivity index (χ1) is 15.9. The van der Waals surface area contributed by atoms with Gasteiger partial charge in [-0.2, -0.15) is 4.37 Å². The lowest BCUT2D eigenvalue weighted by molar-refractivity contribution is -0.126. The molecule has 1 aromatic rings. The van der Waals surface area contributed by atoms with Crippen molar-refractivity contribution in [1.29, 1.82) is 0 Å². The van der Waals surface area contributed by atoms with Gasteiger partial charge in [0.25, 0.3) is 11.8 Å². The first kappa shape index (κ1) is 25.4. The molecule has 0 unspecified atom stereocenters. The Hall–Kier alpha value is -2.24. The number of morpholine rings is 1. The van der Waals surface area contributed by atoms with Crippen LogP contribution in [0.1, 0.15) is 72.0 Å². The molecule has 2 fully saturated rings. The van der Waals surface area contributed by atoms with Crippen molar-refractivity contribution in [2.75, 3.05) is 45.1 Å². The van der Waals surface area contributed by atoms with E-state index in [-0.39, 0.29) is 34.1 Å². The molecule has 0 bridgehead atoms. The molecule has 1 saturated heterocycles. The number of nitrogens with zero attached hydrogens (tertiary/aromatic N) is 3. The topological polar surface area (TPSA) is 144 Å². The van der Waals surface area contributed by atoms with Crippen molar-refractivity contribution in [2.45, 2.75) is 64.0 Å². The van der Waals surface area contributed by atoms with Gasteiger partial charge < -0.3 is 26.4 Å². The smallest absolute Gasteiger partial charge is 0.270 e. The summed E-state index contributed by atoms with van der Waals surface area (Å²) in [6.45, 7) is 6.34. The van der Waals surface area contributed by atoms with Crippen molar-refractivity contribution < 1.29 is 19.1 Å². The second kappa shape index (κ2) is 12.3. The van der Waals surface area contributed by atoms with Crippen LogP contribution in [0.4, 0.5) is 5.69 Å². The third-order valence-corrected chi connectivity index (χ3v) is 7.19. The third kappa shape index (κ3) is 6.64. The van der Waals surface area contributed by atoms with Crippen LogP contribution in [0, 0.1) is 0 Å². The minimum absolute atomic E-state index is 0.0119. The van der Waals surface area contributed by atoms with E-state index in [0.717, 1.165) is 63.3 Å². The number of amides is 3. The van der Waals surface area contributed by atoms with Gasteiger partial charge in [0, 0.05) is 32.2 Å². The van der Waals surface area contributed by atoms with Crippen LogP contribution in [-0.2, 0) is 9.53 Å². The Labute approximate surface area is 199 Å². The molecule has 1 aliphatic heterocycles. The Balaban J connectivity index is 1.79. The van der Waals surface area contributed by atoms with Crippen LogP contribution in [0.25, 0.3) is 0 Å². The third-order valence-electron chi connectivity index (χ3n) is 6.34. The Bertz CT molecular complexity index is 820. The molecule has 5 N–H and O–H groups in total. The van der Waals surface area contributed by atoms with E-state index in [9.17, 15) is 14.4 Å². The van der Waals surface area contributed by atoms with Gasteiger partial charge in [-0.1, -0.05) is 26.2 Å². The van der Waals surface area contributed by atoms with Crippen molar-refractivity contribution in [2.24, 2.45) is 5.73 Å². The molecule has 1 aromatic heterocycles. The normalized spacial score (nSPS) is 18.2. The summed E-state index contributed by atoms with van der Waals surface area (Å²) < 4.78 is 9.38. The summed E-state index contributed by atoms with van der Waals surface area (Å²) in [5, 5.41) is 3.15. The fourth-order valence-corrected chi connectivity index (χ4v) is 5.28. The van der Waals surface area contributed by atoms with Crippen molar-refractivity contribution in [3.8, 4) is 0 Å². The number of carbonyl (C=O) groups excluding carboxylic acids is 3. The van der Waals surface area contributed by atoms with Gasteiger partial charge in [-0.3, -0.25) is 19.3 Å². The lowest BCUT2D eigenvalue weighted by atomic mass is 10.1. The zero-order chi connectivity index (χ0) is 23.8. The largest absolute Gasteiger partial charge is 0.395 e. The van der Waals surface area contributed by atoms with Crippen LogP contribution in [0.2, 0.25) is 0 Å². The molecule has 2 aliphatic rings. The molecule has 1 atom stereocenters. The highest BCUT2D eigenvalue weighted by Crippen LogP contribution is 2.26. The molecule has 3 amide bonds. The van der Waals surface area contributed by atoms with E-state index in [1.807, 2.05) is 6.92 Å². The van der Waals surface area contributed by atoms with E-state index in [2.05, 4.69) is 14.6 Å². The Morgan fingerprint density at radius 2 is 1.97 bits per heavy atom. The Kier molecular flexibility index (Phi) is 9.45. The van der Waals surface area contributed by atoms with E-state index in [0.29, 0.717) is 32.6 Å². The highest BCUT2D eigenvalue weighted by Gasteiger charge is 2.34. The quantitative estimate of drug-likeness (QED) is 0.432. The summed E-state index contributed by atoms with van der Waals surface area (Å²) in [7, 11) is 0. The van der Waals surface area contributed by atoms with Crippen LogP contribution in [-0.4, -0.2) is 83.4 Å². The molecular weight excluding hydrogens is 444 g/mol. The minimum Gasteiger partial charge on any atom is -0.395 e. The number of aromatic nitrogens is 1. The van der Waals surface area contributed by atoms with Crippen molar-refractivity contribution in [3.05, 3.63) is 10.6 Å². The van der Waals surface area contributed by atoms with Gasteiger partial charge in [-0.25, -0.2) is 0 Å². The van der Waals surface area contributed by atoms with Crippen molar-refractivity contribution in [3.63, 3.8) is 0 Å². The molecular formula is C22H36N6O4S. The van der Waals surface area contributed by atoms with Crippen LogP contribution in [0.3, 0.4) is 0 Å². The minimum atomic E-state index is -0.772. The molecule has 11 heteroatoms. The zero-order valence-corrected chi connectivity index (χ0v) is 20.2. The summed E-state index contributed by atoms with van der Waals surface area (Å²) in [6.07, 6.45) is 6.17. The molecule has 0 aromatic carbocycles. The molecule has 3 rings (SSSR count). The first-order valence-corrected chi connectivity index (χ1v) is 12.7.